The van der Waals surface area contributed by atoms with Crippen LogP contribution in [0.1, 0.15) is 13.3 Å². The molecule has 25 heavy (non-hydrogen) atoms. The van der Waals surface area contributed by atoms with E-state index in [-0.39, 0.29) is 11.3 Å². The summed E-state index contributed by atoms with van der Waals surface area (Å²) in [5.74, 6) is 0.389. The van der Waals surface area contributed by atoms with E-state index in [1.807, 2.05) is 6.07 Å². The van der Waals surface area contributed by atoms with Crippen molar-refractivity contribution in [2.45, 2.75) is 19.5 Å². The van der Waals surface area contributed by atoms with Crippen molar-refractivity contribution in [3.8, 4) is 17.6 Å². The Balaban J connectivity index is 2.32. The number of alkyl halides is 3. The lowest BCUT2D eigenvalue weighted by atomic mass is 10.1. The summed E-state index contributed by atoms with van der Waals surface area (Å²) in [5, 5.41) is 9.66. The molecular weight excluding hydrogens is 357 g/mol. The summed E-state index contributed by atoms with van der Waals surface area (Å²) < 4.78 is 47.2. The lowest BCUT2D eigenvalue weighted by Crippen LogP contribution is -2.28. The van der Waals surface area contributed by atoms with Crippen molar-refractivity contribution < 1.29 is 22.6 Å². The van der Waals surface area contributed by atoms with Gasteiger partial charge in [0.1, 0.15) is 17.6 Å². The Morgan fingerprint density at radius 2 is 2.08 bits per heavy atom. The largest absolute Gasteiger partial charge is 0.492 e. The Morgan fingerprint density at radius 3 is 2.68 bits per heavy atom. The highest BCUT2D eigenvalue weighted by atomic mass is 35.5. The van der Waals surface area contributed by atoms with E-state index >= 15 is 0 Å². The van der Waals surface area contributed by atoms with E-state index in [1.54, 1.807) is 17.9 Å². The molecule has 0 N–H and O–H groups in total. The molecule has 1 aromatic rings. The van der Waals surface area contributed by atoms with Crippen LogP contribution in [0.2, 0.25) is 0 Å². The zero-order valence-electron chi connectivity index (χ0n) is 13.5. The molecule has 0 amide bonds. The smallest absolute Gasteiger partial charge is 0.422 e. The molecule has 0 saturated carbocycles. The zero-order chi connectivity index (χ0) is 18.6. The zero-order valence-corrected chi connectivity index (χ0v) is 14.2. The minimum absolute atomic E-state index is 0.0428. The number of nitriles is 1. The molecule has 0 spiro atoms. The van der Waals surface area contributed by atoms with Gasteiger partial charge in [0, 0.05) is 24.1 Å². The van der Waals surface area contributed by atoms with E-state index in [0.717, 1.165) is 0 Å². The number of halogens is 4. The second-order valence-corrected chi connectivity index (χ2v) is 5.66. The van der Waals surface area contributed by atoms with Crippen molar-refractivity contribution in [2.75, 3.05) is 24.7 Å². The van der Waals surface area contributed by atoms with E-state index in [9.17, 15) is 18.4 Å². The first kappa shape index (κ1) is 19.0. The van der Waals surface area contributed by atoms with Crippen molar-refractivity contribution >= 4 is 17.3 Å². The fourth-order valence-corrected chi connectivity index (χ4v) is 2.63. The first-order valence-electron chi connectivity index (χ1n) is 7.48. The van der Waals surface area contributed by atoms with Crippen LogP contribution >= 0.6 is 11.6 Å². The van der Waals surface area contributed by atoms with Gasteiger partial charge in [-0.15, -0.1) is 0 Å². The molecule has 2 rings (SSSR count). The number of rotatable bonds is 5. The predicted octanol–water partition coefficient (Wildman–Crippen LogP) is 4.77. The molecule has 0 bridgehead atoms. The molecular formula is C17H16ClF3N2O2. The quantitative estimate of drug-likeness (QED) is 0.747. The van der Waals surface area contributed by atoms with E-state index < -0.39 is 12.8 Å². The van der Waals surface area contributed by atoms with Crippen molar-refractivity contribution in [1.82, 2.24) is 0 Å². The lowest BCUT2D eigenvalue weighted by Gasteiger charge is -2.32. The SMILES string of the molecule is C=C1C(C#N)=C(Cl)CCN1c1ccc(OCC(F)(F)F)cc1OCC. The van der Waals surface area contributed by atoms with E-state index in [0.29, 0.717) is 41.7 Å². The Morgan fingerprint density at radius 1 is 1.36 bits per heavy atom. The second-order valence-electron chi connectivity index (χ2n) is 5.21. The average Bonchev–Trinajstić information content (AvgIpc) is 2.54. The van der Waals surface area contributed by atoms with Gasteiger partial charge in [-0.1, -0.05) is 18.2 Å². The normalized spacial score (nSPS) is 15.2. The van der Waals surface area contributed by atoms with Gasteiger partial charge in [0.2, 0.25) is 0 Å². The molecule has 0 fully saturated rings. The maximum atomic E-state index is 12.3. The van der Waals surface area contributed by atoms with Gasteiger partial charge >= 0.3 is 6.18 Å². The van der Waals surface area contributed by atoms with Crippen molar-refractivity contribution in [2.24, 2.45) is 0 Å². The van der Waals surface area contributed by atoms with Gasteiger partial charge in [0.05, 0.1) is 23.6 Å². The van der Waals surface area contributed by atoms with Gasteiger partial charge in [0.25, 0.3) is 0 Å². The molecule has 8 heteroatoms. The van der Waals surface area contributed by atoms with Gasteiger partial charge < -0.3 is 14.4 Å². The Hall–Kier alpha value is -2.33. The average molecular weight is 373 g/mol. The number of hydrogen-bond acceptors (Lipinski definition) is 4. The fraction of sp³-hybridized carbons (Fsp3) is 0.353. The van der Waals surface area contributed by atoms with Crippen LogP contribution in [0.15, 0.2) is 41.1 Å². The van der Waals surface area contributed by atoms with Crippen LogP contribution in [-0.2, 0) is 0 Å². The summed E-state index contributed by atoms with van der Waals surface area (Å²) in [6.07, 6.45) is -3.96. The standard InChI is InChI=1S/C17H16ClF3N2O2/c1-3-24-16-8-12(25-10-17(19,20)21)4-5-15(16)23-7-6-14(18)13(9-22)11(23)2/h4-5,8H,2-3,6-7,10H2,1H3. The maximum absolute atomic E-state index is 12.3. The van der Waals surface area contributed by atoms with E-state index in [4.69, 9.17) is 21.1 Å². The number of allylic oxidation sites excluding steroid dienone is 1. The van der Waals surface area contributed by atoms with E-state index in [2.05, 4.69) is 6.58 Å². The fourth-order valence-electron chi connectivity index (χ4n) is 2.40. The summed E-state index contributed by atoms with van der Waals surface area (Å²) >= 11 is 6.05. The van der Waals surface area contributed by atoms with Gasteiger partial charge in [-0.3, -0.25) is 0 Å². The minimum atomic E-state index is -4.42. The highest BCUT2D eigenvalue weighted by molar-refractivity contribution is 6.30. The van der Waals surface area contributed by atoms with Crippen molar-refractivity contribution in [3.05, 3.63) is 41.1 Å². The maximum Gasteiger partial charge on any atom is 0.422 e. The van der Waals surface area contributed by atoms with Crippen molar-refractivity contribution in [3.63, 3.8) is 0 Å². The highest BCUT2D eigenvalue weighted by Crippen LogP contribution is 2.39. The molecule has 4 nitrogen and oxygen atoms in total. The van der Waals surface area contributed by atoms with Crippen molar-refractivity contribution in [1.29, 1.82) is 5.26 Å². The van der Waals surface area contributed by atoms with E-state index in [1.165, 1.54) is 12.1 Å². The Kier molecular flexibility index (Phi) is 5.85. The highest BCUT2D eigenvalue weighted by Gasteiger charge is 2.29. The molecule has 0 aromatic heterocycles. The molecule has 0 saturated heterocycles. The Bertz CT molecular complexity index is 738. The second kappa shape index (κ2) is 7.70. The van der Waals surface area contributed by atoms with Gasteiger partial charge in [-0.25, -0.2) is 0 Å². The first-order chi connectivity index (χ1) is 11.8. The summed E-state index contributed by atoms with van der Waals surface area (Å²) in [6.45, 7) is 5.06. The number of ether oxygens (including phenoxy) is 2. The summed E-state index contributed by atoms with van der Waals surface area (Å²) in [4.78, 5) is 1.75. The number of anilines is 1. The molecule has 0 atom stereocenters. The summed E-state index contributed by atoms with van der Waals surface area (Å²) in [7, 11) is 0. The molecule has 1 aliphatic heterocycles. The van der Waals surface area contributed by atoms with Gasteiger partial charge in [0.15, 0.2) is 6.61 Å². The number of benzene rings is 1. The molecule has 0 unspecified atom stereocenters. The third-order valence-electron chi connectivity index (χ3n) is 3.48. The molecule has 0 radical (unpaired) electrons. The van der Waals surface area contributed by atoms with Crippen LogP contribution < -0.4 is 14.4 Å². The van der Waals surface area contributed by atoms with Gasteiger partial charge in [-0.2, -0.15) is 18.4 Å². The number of nitrogens with zero attached hydrogens (tertiary/aromatic N) is 2. The van der Waals surface area contributed by atoms with Crippen LogP contribution in [0.5, 0.6) is 11.5 Å². The third kappa shape index (κ3) is 4.60. The monoisotopic (exact) mass is 372 g/mol. The van der Waals surface area contributed by atoms with Crippen LogP contribution in [0, 0.1) is 11.3 Å². The molecule has 134 valence electrons. The van der Waals surface area contributed by atoms with Gasteiger partial charge in [-0.05, 0) is 19.1 Å². The first-order valence-corrected chi connectivity index (χ1v) is 7.86. The summed E-state index contributed by atoms with van der Waals surface area (Å²) in [5.41, 5.74) is 1.29. The van der Waals surface area contributed by atoms with Crippen LogP contribution in [-0.4, -0.2) is 25.9 Å². The van der Waals surface area contributed by atoms with Crippen LogP contribution in [0.3, 0.4) is 0 Å². The van der Waals surface area contributed by atoms with Crippen LogP contribution in [0.4, 0.5) is 18.9 Å². The predicted molar refractivity (Wildman–Crippen MR) is 88.8 cm³/mol. The minimum Gasteiger partial charge on any atom is -0.492 e. The third-order valence-corrected chi connectivity index (χ3v) is 3.85. The van der Waals surface area contributed by atoms with Crippen LogP contribution in [0.25, 0.3) is 0 Å². The number of hydrogen-bond donors (Lipinski definition) is 0. The summed E-state index contributed by atoms with van der Waals surface area (Å²) in [6, 6.07) is 6.41. The topological polar surface area (TPSA) is 45.5 Å². The molecule has 0 aliphatic carbocycles. The lowest BCUT2D eigenvalue weighted by molar-refractivity contribution is -0.153. The molecule has 1 aromatic carbocycles. The molecule has 1 aliphatic rings. The molecule has 1 heterocycles. The Labute approximate surface area is 148 Å².